The Morgan fingerprint density at radius 3 is 2.50 bits per heavy atom. The predicted molar refractivity (Wildman–Crippen MR) is 100 cm³/mol. The molecule has 0 N–H and O–H groups in total. The number of hydrogen-bond acceptors (Lipinski definition) is 6. The zero-order valence-corrected chi connectivity index (χ0v) is 17.0. The number of rotatable bonds is 4. The third-order valence-electron chi connectivity index (χ3n) is 3.77. The molecule has 0 aliphatic rings. The summed E-state index contributed by atoms with van der Waals surface area (Å²) in [6.07, 6.45) is -0.797. The summed E-state index contributed by atoms with van der Waals surface area (Å²) in [5.74, 6) is 0. The van der Waals surface area contributed by atoms with Crippen LogP contribution in [0.4, 0.5) is 13.2 Å². The van der Waals surface area contributed by atoms with Crippen LogP contribution in [0, 0.1) is 6.92 Å². The Labute approximate surface area is 168 Å². The molecule has 0 fully saturated rings. The van der Waals surface area contributed by atoms with Crippen LogP contribution in [0.25, 0.3) is 10.4 Å². The van der Waals surface area contributed by atoms with Crippen LogP contribution in [0.1, 0.15) is 22.0 Å². The molecule has 0 unspecified atom stereocenters. The van der Waals surface area contributed by atoms with Crippen molar-refractivity contribution in [3.05, 3.63) is 57.7 Å². The van der Waals surface area contributed by atoms with Gasteiger partial charge in [-0.1, -0.05) is 17.7 Å². The van der Waals surface area contributed by atoms with Gasteiger partial charge in [0, 0.05) is 18.9 Å². The third-order valence-corrected chi connectivity index (χ3v) is 6.32. The fraction of sp³-hybridized carbons (Fsp3) is 0.235. The molecule has 0 spiro atoms. The number of aromatic nitrogens is 3. The normalized spacial score (nSPS) is 12.4. The minimum Gasteiger partial charge on any atom is -0.260 e. The summed E-state index contributed by atoms with van der Waals surface area (Å²) in [7, 11) is -4.03. The highest BCUT2D eigenvalue weighted by Gasteiger charge is 2.36. The first-order valence-electron chi connectivity index (χ1n) is 7.79. The second-order valence-electron chi connectivity index (χ2n) is 6.01. The molecule has 1 aromatic carbocycles. The van der Waals surface area contributed by atoms with E-state index in [2.05, 4.69) is 15.0 Å². The fourth-order valence-electron chi connectivity index (χ4n) is 2.63. The van der Waals surface area contributed by atoms with E-state index < -0.39 is 26.5 Å². The van der Waals surface area contributed by atoms with Gasteiger partial charge in [0.1, 0.15) is 5.15 Å². The van der Waals surface area contributed by atoms with Crippen molar-refractivity contribution in [2.75, 3.05) is 6.26 Å². The molecule has 3 aromatic rings. The number of thiazole rings is 1. The van der Waals surface area contributed by atoms with Crippen LogP contribution in [-0.4, -0.2) is 29.6 Å². The zero-order chi connectivity index (χ0) is 20.7. The third kappa shape index (κ3) is 4.50. The number of alkyl halides is 3. The minimum absolute atomic E-state index is 0.234. The molecule has 2 heterocycles. The molecule has 0 saturated heterocycles. The monoisotopic (exact) mass is 447 g/mol. The van der Waals surface area contributed by atoms with E-state index in [-0.39, 0.29) is 10.7 Å². The minimum atomic E-state index is -4.80. The molecule has 0 aliphatic heterocycles. The molecule has 3 rings (SSSR count). The number of aryl methyl sites for hydroxylation is 1. The van der Waals surface area contributed by atoms with E-state index in [1.165, 1.54) is 29.8 Å². The zero-order valence-electron chi connectivity index (χ0n) is 14.6. The van der Waals surface area contributed by atoms with Gasteiger partial charge in [0.05, 0.1) is 37.9 Å². The summed E-state index contributed by atoms with van der Waals surface area (Å²) < 4.78 is 63.6. The molecule has 2 aromatic heterocycles. The second kappa shape index (κ2) is 7.41. The first-order chi connectivity index (χ1) is 12.9. The van der Waals surface area contributed by atoms with Crippen molar-refractivity contribution in [3.8, 4) is 10.4 Å². The van der Waals surface area contributed by atoms with Gasteiger partial charge in [-0.2, -0.15) is 13.2 Å². The average Bonchev–Trinajstić information content (AvgIpc) is 2.93. The maximum absolute atomic E-state index is 13.4. The lowest BCUT2D eigenvalue weighted by Crippen LogP contribution is -2.12. The molecule has 0 bridgehead atoms. The summed E-state index contributed by atoms with van der Waals surface area (Å²) in [6.45, 7) is 1.68. The number of nitrogens with zero attached hydrogens (tertiary/aromatic N) is 3. The van der Waals surface area contributed by atoms with Gasteiger partial charge in [-0.3, -0.25) is 4.98 Å². The number of sulfone groups is 1. The molecule has 11 heteroatoms. The molecule has 0 aliphatic carbocycles. The van der Waals surface area contributed by atoms with Crippen LogP contribution >= 0.6 is 22.9 Å². The smallest absolute Gasteiger partial charge is 0.260 e. The highest BCUT2D eigenvalue weighted by atomic mass is 35.5. The van der Waals surface area contributed by atoms with Gasteiger partial charge in [0.25, 0.3) is 0 Å². The number of hydrogen-bond donors (Lipinski definition) is 0. The fourth-order valence-corrected chi connectivity index (χ4v) is 4.76. The van der Waals surface area contributed by atoms with Gasteiger partial charge in [-0.25, -0.2) is 18.4 Å². The van der Waals surface area contributed by atoms with Crippen molar-refractivity contribution < 1.29 is 21.6 Å². The molecule has 5 nitrogen and oxygen atoms in total. The molecular formula is C17H13ClF3N3O2S2. The summed E-state index contributed by atoms with van der Waals surface area (Å²) >= 11 is 7.02. The van der Waals surface area contributed by atoms with Gasteiger partial charge in [-0.05, 0) is 24.6 Å². The molecule has 0 atom stereocenters. The number of halogens is 4. The lowest BCUT2D eigenvalue weighted by atomic mass is 10.1. The Kier molecular flexibility index (Phi) is 5.48. The van der Waals surface area contributed by atoms with Crippen molar-refractivity contribution in [2.45, 2.75) is 24.4 Å². The van der Waals surface area contributed by atoms with E-state index in [9.17, 15) is 21.6 Å². The van der Waals surface area contributed by atoms with Crippen LogP contribution in [0.15, 0.2) is 35.5 Å². The second-order valence-corrected chi connectivity index (χ2v) is 9.47. The van der Waals surface area contributed by atoms with Gasteiger partial charge >= 0.3 is 6.18 Å². The average molecular weight is 448 g/mol. The Hall–Kier alpha value is -2.04. The summed E-state index contributed by atoms with van der Waals surface area (Å²) in [4.78, 5) is 12.2. The van der Waals surface area contributed by atoms with Crippen molar-refractivity contribution in [1.82, 2.24) is 15.0 Å². The largest absolute Gasteiger partial charge is 0.417 e. The summed E-state index contributed by atoms with van der Waals surface area (Å²) in [5.41, 5.74) is 0.173. The molecule has 0 saturated carbocycles. The lowest BCUT2D eigenvalue weighted by Gasteiger charge is -2.13. The van der Waals surface area contributed by atoms with Crippen LogP contribution in [0.3, 0.4) is 0 Å². The Balaban J connectivity index is 2.03. The van der Waals surface area contributed by atoms with E-state index in [4.69, 9.17) is 11.6 Å². The first-order valence-corrected chi connectivity index (χ1v) is 10.9. The van der Waals surface area contributed by atoms with Crippen molar-refractivity contribution in [1.29, 1.82) is 0 Å². The Morgan fingerprint density at radius 2 is 1.89 bits per heavy atom. The van der Waals surface area contributed by atoms with E-state index >= 15 is 0 Å². The number of benzene rings is 1. The van der Waals surface area contributed by atoms with Gasteiger partial charge in [0.2, 0.25) is 0 Å². The Morgan fingerprint density at radius 1 is 1.18 bits per heavy atom. The topological polar surface area (TPSA) is 72.8 Å². The summed E-state index contributed by atoms with van der Waals surface area (Å²) in [6, 6.07) is 3.18. The first kappa shape index (κ1) is 20.7. The van der Waals surface area contributed by atoms with E-state index in [1.54, 1.807) is 6.92 Å². The van der Waals surface area contributed by atoms with E-state index in [1.807, 2.05) is 0 Å². The van der Waals surface area contributed by atoms with Gasteiger partial charge in [-0.15, -0.1) is 11.3 Å². The molecule has 0 amide bonds. The molecule has 0 radical (unpaired) electrons. The highest BCUT2D eigenvalue weighted by Crippen LogP contribution is 2.39. The van der Waals surface area contributed by atoms with Gasteiger partial charge < -0.3 is 0 Å². The van der Waals surface area contributed by atoms with Crippen LogP contribution in [-0.2, 0) is 22.4 Å². The summed E-state index contributed by atoms with van der Waals surface area (Å²) in [5, 5.41) is 0.863. The van der Waals surface area contributed by atoms with E-state index in [0.29, 0.717) is 27.7 Å². The van der Waals surface area contributed by atoms with Crippen LogP contribution < -0.4 is 0 Å². The molecule has 28 heavy (non-hydrogen) atoms. The van der Waals surface area contributed by atoms with Crippen LogP contribution in [0.5, 0.6) is 0 Å². The van der Waals surface area contributed by atoms with Crippen molar-refractivity contribution in [2.24, 2.45) is 0 Å². The standard InChI is InChI=1S/C17H13ClF3N3O2S2/c1-9-16(27-15(23-9)6-11-7-22-8-14(18)24-11)10-3-4-13(28(2,25)26)12(5-10)17(19,20)21/h3-5,7-8H,6H2,1-2H3. The van der Waals surface area contributed by atoms with Crippen molar-refractivity contribution in [3.63, 3.8) is 0 Å². The molecular weight excluding hydrogens is 435 g/mol. The molecule has 148 valence electrons. The predicted octanol–water partition coefficient (Wildman–Crippen LogP) is 4.58. The maximum atomic E-state index is 13.4. The maximum Gasteiger partial charge on any atom is 0.417 e. The van der Waals surface area contributed by atoms with Crippen LogP contribution in [0.2, 0.25) is 5.15 Å². The van der Waals surface area contributed by atoms with Crippen molar-refractivity contribution >= 4 is 32.8 Å². The Bertz CT molecular complexity index is 1140. The highest BCUT2D eigenvalue weighted by molar-refractivity contribution is 7.90. The van der Waals surface area contributed by atoms with E-state index in [0.717, 1.165) is 18.4 Å². The van der Waals surface area contributed by atoms with Gasteiger partial charge in [0.15, 0.2) is 9.84 Å². The lowest BCUT2D eigenvalue weighted by molar-refractivity contribution is -0.139. The SMILES string of the molecule is Cc1nc(Cc2cncc(Cl)n2)sc1-c1ccc(S(C)(=O)=O)c(C(F)(F)F)c1. The quantitative estimate of drug-likeness (QED) is 0.585.